The van der Waals surface area contributed by atoms with Crippen LogP contribution in [0.15, 0.2) is 56.4 Å². The van der Waals surface area contributed by atoms with Crippen molar-refractivity contribution in [3.63, 3.8) is 0 Å². The Hall–Kier alpha value is -1.96. The van der Waals surface area contributed by atoms with Crippen LogP contribution < -0.4 is 10.1 Å². The van der Waals surface area contributed by atoms with E-state index in [0.717, 1.165) is 62.1 Å². The van der Waals surface area contributed by atoms with Crippen LogP contribution in [0.25, 0.3) is 0 Å². The first-order chi connectivity index (χ1) is 15.6. The lowest BCUT2D eigenvalue weighted by atomic mass is 9.95. The summed E-state index contributed by atoms with van der Waals surface area (Å²) in [6, 6.07) is 13.9. The normalized spacial score (nSPS) is 13.2. The molecule has 0 saturated carbocycles. The molecule has 7 heteroatoms. The van der Waals surface area contributed by atoms with Gasteiger partial charge in [-0.25, -0.2) is 4.99 Å². The molecule has 32 heavy (non-hydrogen) atoms. The number of fused-ring (bicyclic) bond motifs is 1. The monoisotopic (exact) mass is 574 g/mol. The van der Waals surface area contributed by atoms with Gasteiger partial charge in [0.25, 0.3) is 5.91 Å². The van der Waals surface area contributed by atoms with Crippen molar-refractivity contribution in [3.05, 3.63) is 78.5 Å². The smallest absolute Gasteiger partial charge is 0.254 e. The summed E-state index contributed by atoms with van der Waals surface area (Å²) in [5, 5.41) is 3.86. The van der Waals surface area contributed by atoms with Crippen LogP contribution in [0.1, 0.15) is 51.7 Å². The highest BCUT2D eigenvalue weighted by Gasteiger charge is 2.25. The quantitative estimate of drug-likeness (QED) is 0.302. The minimum atomic E-state index is -0.0548. The van der Waals surface area contributed by atoms with Crippen molar-refractivity contribution in [1.82, 2.24) is 5.32 Å². The van der Waals surface area contributed by atoms with E-state index >= 15 is 0 Å². The average molecular weight is 576 g/mol. The third-order valence-electron chi connectivity index (χ3n) is 5.32. The molecule has 0 spiro atoms. The number of hydrogen-bond donors (Lipinski definition) is 1. The highest BCUT2D eigenvalue weighted by atomic mass is 79.9. The Morgan fingerprint density at radius 3 is 2.75 bits per heavy atom. The summed E-state index contributed by atoms with van der Waals surface area (Å²) in [6.45, 7) is 3.01. The lowest BCUT2D eigenvalue weighted by Gasteiger charge is -2.13. The van der Waals surface area contributed by atoms with E-state index in [9.17, 15) is 4.79 Å². The van der Waals surface area contributed by atoms with Gasteiger partial charge in [0.15, 0.2) is 0 Å². The average Bonchev–Trinajstić information content (AvgIpc) is 3.17. The number of carbonyl (C=O) groups excluding carboxylic acids is 1. The molecular formula is C25H24Br2N2O2S. The number of nitrogens with one attached hydrogen (secondary N) is 1. The largest absolute Gasteiger partial charge is 0.492 e. The maximum Gasteiger partial charge on any atom is 0.254 e. The third kappa shape index (κ3) is 5.33. The van der Waals surface area contributed by atoms with Gasteiger partial charge < -0.3 is 10.1 Å². The van der Waals surface area contributed by atoms with Crippen molar-refractivity contribution in [2.24, 2.45) is 4.99 Å². The molecule has 4 rings (SSSR count). The molecule has 0 bridgehead atoms. The maximum atomic E-state index is 13.2. The zero-order valence-corrected chi connectivity index (χ0v) is 21.8. The van der Waals surface area contributed by atoms with Crippen LogP contribution in [0.4, 0.5) is 5.00 Å². The first kappa shape index (κ1) is 23.2. The first-order valence-corrected chi connectivity index (χ1v) is 13.1. The predicted molar refractivity (Wildman–Crippen MR) is 139 cm³/mol. The molecular weight excluding hydrogens is 552 g/mol. The molecule has 2 aromatic carbocycles. The molecule has 4 nitrogen and oxygen atoms in total. The van der Waals surface area contributed by atoms with E-state index in [1.807, 2.05) is 49.4 Å². The number of hydrogen-bond acceptors (Lipinski definition) is 4. The number of aryl methyl sites for hydroxylation is 1. The van der Waals surface area contributed by atoms with Crippen molar-refractivity contribution in [3.8, 4) is 5.75 Å². The Bertz CT molecular complexity index is 1140. The number of aliphatic imine (C=N–C) groups is 1. The van der Waals surface area contributed by atoms with E-state index in [1.54, 1.807) is 17.6 Å². The lowest BCUT2D eigenvalue weighted by molar-refractivity contribution is 0.0951. The van der Waals surface area contributed by atoms with E-state index in [2.05, 4.69) is 37.2 Å². The fraction of sp³-hybridized carbons (Fsp3) is 0.280. The summed E-state index contributed by atoms with van der Waals surface area (Å²) in [6.07, 6.45) is 6.02. The van der Waals surface area contributed by atoms with Crippen molar-refractivity contribution in [1.29, 1.82) is 0 Å². The number of thiophene rings is 1. The minimum Gasteiger partial charge on any atom is -0.492 e. The van der Waals surface area contributed by atoms with Gasteiger partial charge in [0, 0.05) is 27.7 Å². The molecule has 0 unspecified atom stereocenters. The molecule has 1 N–H and O–H groups in total. The number of ether oxygens (including phenoxy) is 1. The van der Waals surface area contributed by atoms with Gasteiger partial charge in [-0.1, -0.05) is 46.3 Å². The Morgan fingerprint density at radius 1 is 1.19 bits per heavy atom. The SMILES string of the molecule is CCOc1c(Br)cc(Br)cc1C=Nc1sc2c(c1C(=O)NCc1ccccc1)CCCC2. The van der Waals surface area contributed by atoms with Crippen LogP contribution in [0.2, 0.25) is 0 Å². The third-order valence-corrected chi connectivity index (χ3v) is 7.57. The van der Waals surface area contributed by atoms with Crippen molar-refractivity contribution in [2.45, 2.75) is 39.2 Å². The molecule has 1 aliphatic rings. The summed E-state index contributed by atoms with van der Waals surface area (Å²) in [7, 11) is 0. The number of carbonyl (C=O) groups is 1. The maximum absolute atomic E-state index is 13.2. The van der Waals surface area contributed by atoms with E-state index in [0.29, 0.717) is 13.2 Å². The van der Waals surface area contributed by atoms with Crippen molar-refractivity contribution in [2.75, 3.05) is 6.61 Å². The summed E-state index contributed by atoms with van der Waals surface area (Å²) >= 11 is 8.75. The fourth-order valence-corrected chi connectivity index (χ4v) is 6.45. The molecule has 0 atom stereocenters. The molecule has 0 saturated heterocycles. The topological polar surface area (TPSA) is 50.7 Å². The second-order valence-electron chi connectivity index (χ2n) is 7.56. The fourth-order valence-electron chi connectivity index (χ4n) is 3.84. The zero-order valence-electron chi connectivity index (χ0n) is 17.8. The Morgan fingerprint density at radius 2 is 1.97 bits per heavy atom. The van der Waals surface area contributed by atoms with Crippen LogP contribution in [-0.4, -0.2) is 18.7 Å². The van der Waals surface area contributed by atoms with Gasteiger partial charge in [0.05, 0.1) is 16.6 Å². The Kier molecular flexibility index (Phi) is 7.81. The molecule has 3 aromatic rings. The Balaban J connectivity index is 1.66. The molecule has 1 aromatic heterocycles. The molecule has 0 aliphatic heterocycles. The highest BCUT2D eigenvalue weighted by Crippen LogP contribution is 2.40. The van der Waals surface area contributed by atoms with Crippen LogP contribution in [-0.2, 0) is 19.4 Å². The van der Waals surface area contributed by atoms with E-state index in [4.69, 9.17) is 9.73 Å². The molecule has 1 amide bonds. The second kappa shape index (κ2) is 10.8. The van der Waals surface area contributed by atoms with Gasteiger partial charge in [-0.2, -0.15) is 0 Å². The van der Waals surface area contributed by atoms with Crippen LogP contribution in [0, 0.1) is 0 Å². The van der Waals surface area contributed by atoms with Crippen LogP contribution in [0.3, 0.4) is 0 Å². The standard InChI is InChI=1S/C25H24Br2N2O2S/c1-2-31-23-17(12-18(26)13-20(23)27)15-29-25-22(19-10-6-7-11-21(19)32-25)24(30)28-14-16-8-4-3-5-9-16/h3-5,8-9,12-13,15H,2,6-7,10-11,14H2,1H3,(H,28,30). The number of amides is 1. The number of rotatable bonds is 7. The molecule has 1 aliphatic carbocycles. The van der Waals surface area contributed by atoms with E-state index in [1.165, 1.54) is 10.4 Å². The second-order valence-corrected chi connectivity index (χ2v) is 10.4. The molecule has 1 heterocycles. The minimum absolute atomic E-state index is 0.0548. The summed E-state index contributed by atoms with van der Waals surface area (Å²) in [5.74, 6) is 0.691. The highest BCUT2D eigenvalue weighted by molar-refractivity contribution is 9.11. The van der Waals surface area contributed by atoms with Crippen LogP contribution >= 0.6 is 43.2 Å². The number of halogens is 2. The predicted octanol–water partition coefficient (Wildman–Crippen LogP) is 7.23. The summed E-state index contributed by atoms with van der Waals surface area (Å²) in [5.41, 5.74) is 3.83. The van der Waals surface area contributed by atoms with Crippen molar-refractivity contribution < 1.29 is 9.53 Å². The number of nitrogens with zero attached hydrogens (tertiary/aromatic N) is 1. The van der Waals surface area contributed by atoms with Gasteiger partial charge in [-0.3, -0.25) is 4.79 Å². The van der Waals surface area contributed by atoms with Crippen molar-refractivity contribution >= 4 is 60.3 Å². The first-order valence-electron chi connectivity index (χ1n) is 10.7. The van der Waals surface area contributed by atoms with Crippen LogP contribution in [0.5, 0.6) is 5.75 Å². The van der Waals surface area contributed by atoms with Gasteiger partial charge >= 0.3 is 0 Å². The lowest BCUT2D eigenvalue weighted by Crippen LogP contribution is -2.24. The van der Waals surface area contributed by atoms with Gasteiger partial charge in [-0.15, -0.1) is 11.3 Å². The number of benzene rings is 2. The van der Waals surface area contributed by atoms with Gasteiger partial charge in [0.2, 0.25) is 0 Å². The summed E-state index contributed by atoms with van der Waals surface area (Å²) < 4.78 is 7.62. The van der Waals surface area contributed by atoms with E-state index < -0.39 is 0 Å². The molecule has 0 fully saturated rings. The zero-order chi connectivity index (χ0) is 22.5. The molecule has 0 radical (unpaired) electrons. The Labute approximate surface area is 209 Å². The summed E-state index contributed by atoms with van der Waals surface area (Å²) in [4.78, 5) is 19.3. The van der Waals surface area contributed by atoms with Gasteiger partial charge in [0.1, 0.15) is 10.8 Å². The van der Waals surface area contributed by atoms with E-state index in [-0.39, 0.29) is 5.91 Å². The molecule has 166 valence electrons. The van der Waals surface area contributed by atoms with Gasteiger partial charge in [-0.05, 0) is 71.8 Å².